The Morgan fingerprint density at radius 3 is 2.29 bits per heavy atom. The Bertz CT molecular complexity index is 1300. The van der Waals surface area contributed by atoms with Gasteiger partial charge in [0.15, 0.2) is 5.78 Å². The molecule has 8 nitrogen and oxygen atoms in total. The van der Waals surface area contributed by atoms with E-state index in [0.717, 1.165) is 11.9 Å². The number of fused-ring (bicyclic) bond motifs is 1. The van der Waals surface area contributed by atoms with Gasteiger partial charge in [-0.05, 0) is 61.6 Å². The summed E-state index contributed by atoms with van der Waals surface area (Å²) in [7, 11) is 2.65. The van der Waals surface area contributed by atoms with Crippen LogP contribution in [0.2, 0.25) is 0 Å². The fourth-order valence-electron chi connectivity index (χ4n) is 5.04. The van der Waals surface area contributed by atoms with Crippen LogP contribution >= 0.6 is 0 Å². The van der Waals surface area contributed by atoms with Gasteiger partial charge in [-0.2, -0.15) is 0 Å². The zero-order valence-corrected chi connectivity index (χ0v) is 25.2. The molecule has 0 amide bonds. The van der Waals surface area contributed by atoms with E-state index in [1.54, 1.807) is 24.4 Å². The number of ether oxygens (including phenoxy) is 3. The van der Waals surface area contributed by atoms with Crippen LogP contribution in [0.4, 0.5) is 0 Å². The number of benzene rings is 2. The lowest BCUT2D eigenvalue weighted by Gasteiger charge is -2.14. The lowest BCUT2D eigenvalue weighted by atomic mass is 10.0. The number of hydrogen-bond acceptors (Lipinski definition) is 7. The maximum Gasteiger partial charge on any atom is 0.337 e. The molecule has 3 rings (SSSR count). The highest BCUT2D eigenvalue weighted by molar-refractivity contribution is 6.09. The number of carbonyl (C=O) groups excluding carboxylic acids is 3. The van der Waals surface area contributed by atoms with Crippen molar-refractivity contribution in [1.82, 2.24) is 4.57 Å². The molecular weight excluding hydrogens is 534 g/mol. The standard InChI is InChI=1S/C34H45NO7/c1-4-5-6-7-8-9-12-25-15-18-28(19-16-25)42-24-27(36)22-35-23-30(32(37)13-10-11-14-33(38)40-2)29-21-26(34(39)41-3)17-20-31(29)35/h15-21,23,27,36H,4-14,22,24H2,1-3H3. The van der Waals surface area contributed by atoms with E-state index in [-0.39, 0.29) is 37.7 Å². The van der Waals surface area contributed by atoms with Crippen LogP contribution < -0.4 is 4.74 Å². The first-order chi connectivity index (χ1) is 20.4. The molecule has 0 bridgehead atoms. The van der Waals surface area contributed by atoms with E-state index in [0.29, 0.717) is 35.1 Å². The van der Waals surface area contributed by atoms with Crippen molar-refractivity contribution in [1.29, 1.82) is 0 Å². The van der Waals surface area contributed by atoms with Gasteiger partial charge < -0.3 is 23.9 Å². The average Bonchev–Trinajstić information content (AvgIpc) is 3.37. The van der Waals surface area contributed by atoms with Crippen molar-refractivity contribution in [3.63, 3.8) is 0 Å². The largest absolute Gasteiger partial charge is 0.491 e. The van der Waals surface area contributed by atoms with Crippen molar-refractivity contribution < 1.29 is 33.7 Å². The van der Waals surface area contributed by atoms with Crippen LogP contribution in [0.25, 0.3) is 10.9 Å². The number of ketones is 1. The number of nitrogens with zero attached hydrogens (tertiary/aromatic N) is 1. The fraction of sp³-hybridized carbons (Fsp3) is 0.500. The minimum atomic E-state index is -0.827. The smallest absolute Gasteiger partial charge is 0.337 e. The monoisotopic (exact) mass is 579 g/mol. The van der Waals surface area contributed by atoms with Crippen LogP contribution in [0.3, 0.4) is 0 Å². The van der Waals surface area contributed by atoms with Crippen LogP contribution in [0.15, 0.2) is 48.7 Å². The first-order valence-corrected chi connectivity index (χ1v) is 15.1. The number of aliphatic hydroxyl groups excluding tert-OH is 1. The van der Waals surface area contributed by atoms with Crippen molar-refractivity contribution in [2.75, 3.05) is 20.8 Å². The number of rotatable bonds is 19. The second kappa shape index (κ2) is 17.3. The summed E-state index contributed by atoms with van der Waals surface area (Å²) in [6.07, 6.45) is 11.2. The Kier molecular flexibility index (Phi) is 13.6. The van der Waals surface area contributed by atoms with E-state index in [1.807, 2.05) is 16.7 Å². The second-order valence-corrected chi connectivity index (χ2v) is 10.8. The van der Waals surface area contributed by atoms with Crippen molar-refractivity contribution in [2.24, 2.45) is 0 Å². The van der Waals surface area contributed by atoms with Crippen LogP contribution in [-0.4, -0.2) is 54.3 Å². The minimum Gasteiger partial charge on any atom is -0.491 e. The predicted octanol–water partition coefficient (Wildman–Crippen LogP) is 6.69. The van der Waals surface area contributed by atoms with Crippen molar-refractivity contribution in [2.45, 2.75) is 90.2 Å². The maximum atomic E-state index is 13.2. The first kappa shape index (κ1) is 32.9. The molecule has 42 heavy (non-hydrogen) atoms. The molecule has 1 heterocycles. The summed E-state index contributed by atoms with van der Waals surface area (Å²) in [5, 5.41) is 11.4. The molecule has 0 aliphatic carbocycles. The topological polar surface area (TPSA) is 104 Å². The van der Waals surface area contributed by atoms with Crippen molar-refractivity contribution >= 4 is 28.6 Å². The molecule has 0 aliphatic rings. The lowest BCUT2D eigenvalue weighted by Crippen LogP contribution is -2.23. The molecule has 1 atom stereocenters. The number of carbonyl (C=O) groups is 3. The summed E-state index contributed by atoms with van der Waals surface area (Å²) in [5.74, 6) is -0.198. The third kappa shape index (κ3) is 10.0. The molecule has 0 spiro atoms. The average molecular weight is 580 g/mol. The normalized spacial score (nSPS) is 11.8. The SMILES string of the molecule is CCCCCCCCc1ccc(OCC(O)Cn2cc(C(=O)CCCCC(=O)OC)c3cc(C(=O)OC)ccc32)cc1. The molecule has 0 radical (unpaired) electrons. The van der Waals surface area contributed by atoms with Gasteiger partial charge in [0.1, 0.15) is 18.5 Å². The Morgan fingerprint density at radius 2 is 1.57 bits per heavy atom. The van der Waals surface area contributed by atoms with Crippen molar-refractivity contribution in [3.05, 3.63) is 65.4 Å². The van der Waals surface area contributed by atoms with E-state index < -0.39 is 12.1 Å². The van der Waals surface area contributed by atoms with Gasteiger partial charge >= 0.3 is 11.9 Å². The summed E-state index contributed by atoms with van der Waals surface area (Å²) < 4.78 is 17.2. The van der Waals surface area contributed by atoms with Gasteiger partial charge in [0.2, 0.25) is 0 Å². The highest BCUT2D eigenvalue weighted by atomic mass is 16.5. The number of methoxy groups -OCH3 is 2. The molecule has 0 saturated carbocycles. The van der Waals surface area contributed by atoms with Crippen LogP contribution in [0.5, 0.6) is 5.75 Å². The maximum absolute atomic E-state index is 13.2. The molecule has 0 aliphatic heterocycles. The number of esters is 2. The van der Waals surface area contributed by atoms with E-state index in [4.69, 9.17) is 9.47 Å². The number of hydrogen-bond donors (Lipinski definition) is 1. The Morgan fingerprint density at radius 1 is 0.857 bits per heavy atom. The Hall–Kier alpha value is -3.65. The summed E-state index contributed by atoms with van der Waals surface area (Å²) in [5.41, 5.74) is 2.80. The molecule has 1 aromatic heterocycles. The molecule has 0 fully saturated rings. The molecule has 228 valence electrons. The number of Topliss-reactive ketones (excluding diaryl/α,β-unsaturated/α-hetero) is 1. The van der Waals surface area contributed by atoms with Crippen LogP contribution in [-0.2, 0) is 27.2 Å². The van der Waals surface area contributed by atoms with E-state index in [1.165, 1.54) is 58.3 Å². The number of aryl methyl sites for hydroxylation is 1. The first-order valence-electron chi connectivity index (χ1n) is 15.1. The fourth-order valence-corrected chi connectivity index (χ4v) is 5.04. The Labute approximate surface area is 249 Å². The summed E-state index contributed by atoms with van der Waals surface area (Å²) in [6.45, 7) is 2.53. The second-order valence-electron chi connectivity index (χ2n) is 10.8. The molecule has 1 N–H and O–H groups in total. The zero-order chi connectivity index (χ0) is 30.3. The number of aromatic nitrogens is 1. The molecule has 8 heteroatoms. The summed E-state index contributed by atoms with van der Waals surface area (Å²) in [6, 6.07) is 13.1. The van der Waals surface area contributed by atoms with Crippen LogP contribution in [0.1, 0.15) is 97.4 Å². The molecular formula is C34H45NO7. The van der Waals surface area contributed by atoms with Crippen LogP contribution in [0, 0.1) is 0 Å². The summed E-state index contributed by atoms with van der Waals surface area (Å²) >= 11 is 0. The summed E-state index contributed by atoms with van der Waals surface area (Å²) in [4.78, 5) is 36.7. The van der Waals surface area contributed by atoms with E-state index >= 15 is 0 Å². The number of unbranched alkanes of at least 4 members (excludes halogenated alkanes) is 6. The highest BCUT2D eigenvalue weighted by Gasteiger charge is 2.19. The van der Waals surface area contributed by atoms with Gasteiger partial charge in [0.05, 0.1) is 26.3 Å². The highest BCUT2D eigenvalue weighted by Crippen LogP contribution is 2.26. The quantitative estimate of drug-likeness (QED) is 0.0959. The zero-order valence-electron chi connectivity index (χ0n) is 25.2. The molecule has 3 aromatic rings. The molecule has 0 saturated heterocycles. The molecule has 1 unspecified atom stereocenters. The van der Waals surface area contributed by atoms with Gasteiger partial charge in [0, 0.05) is 35.5 Å². The lowest BCUT2D eigenvalue weighted by molar-refractivity contribution is -0.140. The molecule has 2 aromatic carbocycles. The third-order valence-corrected chi connectivity index (χ3v) is 7.46. The van der Waals surface area contributed by atoms with Gasteiger partial charge in [-0.3, -0.25) is 9.59 Å². The van der Waals surface area contributed by atoms with E-state index in [9.17, 15) is 19.5 Å². The third-order valence-electron chi connectivity index (χ3n) is 7.46. The van der Waals surface area contributed by atoms with Gasteiger partial charge in [-0.15, -0.1) is 0 Å². The predicted molar refractivity (Wildman–Crippen MR) is 163 cm³/mol. The minimum absolute atomic E-state index is 0.0908. The van der Waals surface area contributed by atoms with E-state index in [2.05, 4.69) is 23.8 Å². The van der Waals surface area contributed by atoms with Gasteiger partial charge in [0.25, 0.3) is 0 Å². The Balaban J connectivity index is 1.61. The van der Waals surface area contributed by atoms with Gasteiger partial charge in [-0.25, -0.2) is 4.79 Å². The number of aliphatic hydroxyl groups is 1. The van der Waals surface area contributed by atoms with Gasteiger partial charge in [-0.1, -0.05) is 51.2 Å². The van der Waals surface area contributed by atoms with Crippen molar-refractivity contribution in [3.8, 4) is 5.75 Å².